The van der Waals surface area contributed by atoms with Crippen LogP contribution in [0.1, 0.15) is 43.4 Å². The molecule has 0 unspecified atom stereocenters. The molecule has 0 aliphatic rings. The molecule has 168 valence electrons. The molecular weight excluding hydrogens is 420 g/mol. The smallest absolute Gasteiger partial charge is 0.264 e. The second-order valence-corrected chi connectivity index (χ2v) is 9.99. The van der Waals surface area contributed by atoms with E-state index in [0.717, 1.165) is 23.1 Å². The fraction of sp³-hybridized carbons (Fsp3) is 0.269. The summed E-state index contributed by atoms with van der Waals surface area (Å²) in [4.78, 5) is 13.1. The highest BCUT2D eigenvalue weighted by Gasteiger charge is 2.27. The zero-order valence-corrected chi connectivity index (χ0v) is 19.8. The molecular formula is C26H30N2O3S. The van der Waals surface area contributed by atoms with E-state index in [4.69, 9.17) is 0 Å². The lowest BCUT2D eigenvalue weighted by Crippen LogP contribution is -2.38. The molecule has 0 heterocycles. The van der Waals surface area contributed by atoms with Gasteiger partial charge >= 0.3 is 0 Å². The zero-order valence-electron chi connectivity index (χ0n) is 19.0. The molecule has 3 aromatic carbocycles. The quantitative estimate of drug-likeness (QED) is 0.492. The molecule has 0 bridgehead atoms. The van der Waals surface area contributed by atoms with Crippen molar-refractivity contribution in [3.63, 3.8) is 0 Å². The Hall–Kier alpha value is -3.12. The van der Waals surface area contributed by atoms with Gasteiger partial charge in [-0.25, -0.2) is 8.42 Å². The second-order valence-electron chi connectivity index (χ2n) is 8.13. The maximum atomic E-state index is 13.5. The van der Waals surface area contributed by atoms with Gasteiger partial charge in [0.15, 0.2) is 0 Å². The van der Waals surface area contributed by atoms with E-state index in [1.165, 1.54) is 4.31 Å². The van der Waals surface area contributed by atoms with Gasteiger partial charge in [-0.2, -0.15) is 0 Å². The number of carbonyl (C=O) groups excluding carboxylic acids is 1. The Morgan fingerprint density at radius 3 is 2.16 bits per heavy atom. The SMILES string of the molecule is CCc1ccccc1NC(=O)CN(c1ccc(C(C)C)cc1)S(=O)(=O)c1ccc(C)cc1. The first-order valence-electron chi connectivity index (χ1n) is 10.8. The molecule has 6 heteroatoms. The molecule has 0 aliphatic carbocycles. The van der Waals surface area contributed by atoms with Crippen LogP contribution in [0.2, 0.25) is 0 Å². The van der Waals surface area contributed by atoms with Crippen molar-refractivity contribution in [2.24, 2.45) is 0 Å². The minimum Gasteiger partial charge on any atom is -0.324 e. The van der Waals surface area contributed by atoms with Crippen LogP contribution < -0.4 is 9.62 Å². The Morgan fingerprint density at radius 2 is 1.56 bits per heavy atom. The minimum atomic E-state index is -3.93. The van der Waals surface area contributed by atoms with Crippen molar-refractivity contribution in [2.75, 3.05) is 16.2 Å². The highest BCUT2D eigenvalue weighted by molar-refractivity contribution is 7.92. The maximum Gasteiger partial charge on any atom is 0.264 e. The number of nitrogens with zero attached hydrogens (tertiary/aromatic N) is 1. The van der Waals surface area contributed by atoms with Gasteiger partial charge in [-0.05, 0) is 60.7 Å². The van der Waals surface area contributed by atoms with Crippen molar-refractivity contribution in [1.82, 2.24) is 0 Å². The summed E-state index contributed by atoms with van der Waals surface area (Å²) in [6.45, 7) is 7.74. The van der Waals surface area contributed by atoms with Crippen LogP contribution in [0.15, 0.2) is 77.7 Å². The third-order valence-corrected chi connectivity index (χ3v) is 7.20. The Bertz CT molecular complexity index is 1170. The molecule has 0 spiro atoms. The fourth-order valence-electron chi connectivity index (χ4n) is 3.45. The lowest BCUT2D eigenvalue weighted by atomic mass is 10.0. The zero-order chi connectivity index (χ0) is 23.3. The van der Waals surface area contributed by atoms with Gasteiger partial charge < -0.3 is 5.32 Å². The molecule has 1 amide bonds. The maximum absolute atomic E-state index is 13.5. The largest absolute Gasteiger partial charge is 0.324 e. The number of rotatable bonds is 8. The average Bonchev–Trinajstić information content (AvgIpc) is 2.78. The average molecular weight is 451 g/mol. The summed E-state index contributed by atoms with van der Waals surface area (Å²) >= 11 is 0. The van der Waals surface area contributed by atoms with Crippen molar-refractivity contribution in [3.8, 4) is 0 Å². The van der Waals surface area contributed by atoms with Crippen LogP contribution in [0, 0.1) is 6.92 Å². The first-order valence-corrected chi connectivity index (χ1v) is 12.2. The lowest BCUT2D eigenvalue weighted by Gasteiger charge is -2.25. The predicted molar refractivity (Wildman–Crippen MR) is 131 cm³/mol. The molecule has 32 heavy (non-hydrogen) atoms. The molecule has 0 aromatic heterocycles. The van der Waals surface area contributed by atoms with Crippen molar-refractivity contribution in [1.29, 1.82) is 0 Å². The van der Waals surface area contributed by atoms with Crippen LogP contribution in [0.5, 0.6) is 0 Å². The Morgan fingerprint density at radius 1 is 0.938 bits per heavy atom. The highest BCUT2D eigenvalue weighted by Crippen LogP contribution is 2.26. The Kier molecular flexibility index (Phi) is 7.36. The van der Waals surface area contributed by atoms with E-state index in [-0.39, 0.29) is 11.4 Å². The molecule has 3 aromatic rings. The van der Waals surface area contributed by atoms with Gasteiger partial charge in [0.2, 0.25) is 5.91 Å². The summed E-state index contributed by atoms with van der Waals surface area (Å²) < 4.78 is 28.2. The number of nitrogens with one attached hydrogen (secondary N) is 1. The summed E-state index contributed by atoms with van der Waals surface area (Å²) in [5.41, 5.74) is 4.21. The molecule has 0 radical (unpaired) electrons. The van der Waals surface area contributed by atoms with E-state index < -0.39 is 15.9 Å². The molecule has 0 fully saturated rings. The number of hydrogen-bond acceptors (Lipinski definition) is 3. The van der Waals surface area contributed by atoms with Crippen LogP contribution in [0.4, 0.5) is 11.4 Å². The molecule has 0 saturated carbocycles. The first kappa shape index (κ1) is 23.5. The topological polar surface area (TPSA) is 66.5 Å². The van der Waals surface area contributed by atoms with E-state index in [0.29, 0.717) is 17.3 Å². The molecule has 5 nitrogen and oxygen atoms in total. The third kappa shape index (κ3) is 5.37. The van der Waals surface area contributed by atoms with Crippen LogP contribution in [-0.4, -0.2) is 20.9 Å². The molecule has 0 saturated heterocycles. The summed E-state index contributed by atoms with van der Waals surface area (Å²) in [6, 6.07) is 21.5. The van der Waals surface area contributed by atoms with Gasteiger partial charge in [-0.1, -0.05) is 68.8 Å². The Balaban J connectivity index is 1.96. The third-order valence-electron chi connectivity index (χ3n) is 5.42. The van der Waals surface area contributed by atoms with E-state index in [1.807, 2.05) is 50.2 Å². The predicted octanol–water partition coefficient (Wildman–Crippen LogP) is 5.51. The molecule has 3 rings (SSSR count). The summed E-state index contributed by atoms with van der Waals surface area (Å²) in [5.74, 6) is -0.0745. The van der Waals surface area contributed by atoms with Crippen LogP contribution >= 0.6 is 0 Å². The van der Waals surface area contributed by atoms with E-state index in [9.17, 15) is 13.2 Å². The number of aryl methyl sites for hydroxylation is 2. The van der Waals surface area contributed by atoms with Gasteiger partial charge in [0.1, 0.15) is 6.54 Å². The second kappa shape index (κ2) is 10.0. The van der Waals surface area contributed by atoms with E-state index in [1.54, 1.807) is 36.4 Å². The van der Waals surface area contributed by atoms with E-state index in [2.05, 4.69) is 19.2 Å². The number of amides is 1. The van der Waals surface area contributed by atoms with E-state index >= 15 is 0 Å². The lowest BCUT2D eigenvalue weighted by molar-refractivity contribution is -0.114. The van der Waals surface area contributed by atoms with Crippen LogP contribution in [0.3, 0.4) is 0 Å². The number of para-hydroxylation sites is 1. The number of sulfonamides is 1. The molecule has 1 N–H and O–H groups in total. The molecule has 0 atom stereocenters. The van der Waals surface area contributed by atoms with Crippen molar-refractivity contribution in [3.05, 3.63) is 89.5 Å². The van der Waals surface area contributed by atoms with Crippen molar-refractivity contribution in [2.45, 2.75) is 44.9 Å². The summed E-state index contributed by atoms with van der Waals surface area (Å²) in [7, 11) is -3.93. The van der Waals surface area contributed by atoms with Crippen molar-refractivity contribution < 1.29 is 13.2 Å². The first-order chi connectivity index (χ1) is 15.2. The summed E-state index contributed by atoms with van der Waals surface area (Å²) in [5, 5.41) is 2.88. The van der Waals surface area contributed by atoms with Crippen LogP contribution in [-0.2, 0) is 21.2 Å². The minimum absolute atomic E-state index is 0.151. The number of hydrogen-bond donors (Lipinski definition) is 1. The standard InChI is InChI=1S/C26H30N2O3S/c1-5-21-8-6-7-9-25(21)27-26(29)18-28(23-14-12-22(13-15-23)19(2)3)32(30,31)24-16-10-20(4)11-17-24/h6-17,19H,5,18H2,1-4H3,(H,27,29). The highest BCUT2D eigenvalue weighted by atomic mass is 32.2. The number of anilines is 2. The van der Waals surface area contributed by atoms with Gasteiger partial charge in [0.05, 0.1) is 10.6 Å². The number of carbonyl (C=O) groups is 1. The number of benzene rings is 3. The fourth-order valence-corrected chi connectivity index (χ4v) is 4.87. The Labute approximate surface area is 191 Å². The van der Waals surface area contributed by atoms with Crippen molar-refractivity contribution >= 4 is 27.3 Å². The summed E-state index contributed by atoms with van der Waals surface area (Å²) in [6.07, 6.45) is 0.762. The van der Waals surface area contributed by atoms with Crippen LogP contribution in [0.25, 0.3) is 0 Å². The molecule has 0 aliphatic heterocycles. The normalized spacial score (nSPS) is 11.4. The van der Waals surface area contributed by atoms with Gasteiger partial charge in [0.25, 0.3) is 10.0 Å². The van der Waals surface area contributed by atoms with Gasteiger partial charge in [-0.15, -0.1) is 0 Å². The monoisotopic (exact) mass is 450 g/mol. The van der Waals surface area contributed by atoms with Gasteiger partial charge in [-0.3, -0.25) is 9.10 Å². The van der Waals surface area contributed by atoms with Gasteiger partial charge in [0, 0.05) is 5.69 Å².